The van der Waals surface area contributed by atoms with Crippen molar-refractivity contribution in [3.05, 3.63) is 23.2 Å². The average Bonchev–Trinajstić information content (AvgIpc) is 2.83. The second kappa shape index (κ2) is 4.40. The van der Waals surface area contributed by atoms with E-state index < -0.39 is 0 Å². The summed E-state index contributed by atoms with van der Waals surface area (Å²) in [6, 6.07) is 2.90. The molecule has 1 heterocycles. The minimum absolute atomic E-state index is 0.763. The Labute approximate surface area is 92.1 Å². The molecule has 2 rings (SSSR count). The Balaban J connectivity index is 1.77. The molecule has 1 aromatic rings. The number of hydrogen-bond donors (Lipinski definition) is 1. The maximum atomic E-state index is 5.50. The van der Waals surface area contributed by atoms with E-state index in [2.05, 4.69) is 18.3 Å². The van der Waals surface area contributed by atoms with Gasteiger partial charge in [0, 0.05) is 18.2 Å². The van der Waals surface area contributed by atoms with Gasteiger partial charge in [-0.1, -0.05) is 13.3 Å². The summed E-state index contributed by atoms with van der Waals surface area (Å²) < 4.78 is 5.50. The molecule has 0 bridgehead atoms. The highest BCUT2D eigenvalue weighted by molar-refractivity contribution is 5.20. The van der Waals surface area contributed by atoms with E-state index in [9.17, 15) is 0 Å². The molecule has 0 spiro atoms. The van der Waals surface area contributed by atoms with Crippen LogP contribution in [0.1, 0.15) is 43.3 Å². The second-order valence-corrected chi connectivity index (χ2v) is 4.71. The molecular formula is C13H21NO. The second-order valence-electron chi connectivity index (χ2n) is 4.71. The van der Waals surface area contributed by atoms with Gasteiger partial charge in [0.25, 0.3) is 0 Å². The molecule has 84 valence electrons. The summed E-state index contributed by atoms with van der Waals surface area (Å²) in [6.07, 6.45) is 4.05. The Morgan fingerprint density at radius 3 is 2.87 bits per heavy atom. The largest absolute Gasteiger partial charge is 0.466 e. The zero-order chi connectivity index (χ0) is 10.8. The van der Waals surface area contributed by atoms with Crippen LogP contribution in [0.5, 0.6) is 0 Å². The first-order valence-electron chi connectivity index (χ1n) is 6.00. The van der Waals surface area contributed by atoms with Crippen LogP contribution in [0.25, 0.3) is 0 Å². The number of nitrogens with one attached hydrogen (secondary N) is 1. The first-order chi connectivity index (χ1) is 7.20. The average molecular weight is 207 g/mol. The SMILES string of the molecule is CCCC1CC1NCc1cc(C)oc1C. The van der Waals surface area contributed by atoms with Gasteiger partial charge < -0.3 is 9.73 Å². The monoisotopic (exact) mass is 207 g/mol. The van der Waals surface area contributed by atoms with Gasteiger partial charge in [0.05, 0.1) is 0 Å². The summed E-state index contributed by atoms with van der Waals surface area (Å²) in [5.41, 5.74) is 1.31. The number of aryl methyl sites for hydroxylation is 2. The molecule has 0 saturated heterocycles. The van der Waals surface area contributed by atoms with Crippen LogP contribution < -0.4 is 5.32 Å². The van der Waals surface area contributed by atoms with Crippen molar-refractivity contribution in [3.63, 3.8) is 0 Å². The molecule has 15 heavy (non-hydrogen) atoms. The van der Waals surface area contributed by atoms with Crippen molar-refractivity contribution in [1.82, 2.24) is 5.32 Å². The topological polar surface area (TPSA) is 25.2 Å². The van der Waals surface area contributed by atoms with Gasteiger partial charge in [-0.15, -0.1) is 0 Å². The molecule has 0 aromatic carbocycles. The van der Waals surface area contributed by atoms with Crippen molar-refractivity contribution in [2.75, 3.05) is 0 Å². The van der Waals surface area contributed by atoms with Crippen LogP contribution in [-0.2, 0) is 6.54 Å². The van der Waals surface area contributed by atoms with Gasteiger partial charge in [-0.05, 0) is 38.7 Å². The Hall–Kier alpha value is -0.760. The van der Waals surface area contributed by atoms with Crippen LogP contribution in [0.3, 0.4) is 0 Å². The summed E-state index contributed by atoms with van der Waals surface area (Å²) >= 11 is 0. The standard InChI is InChI=1S/C13H21NO/c1-4-5-11-7-13(11)14-8-12-6-9(2)15-10(12)3/h6,11,13-14H,4-5,7-8H2,1-3H3. The fraction of sp³-hybridized carbons (Fsp3) is 0.692. The highest BCUT2D eigenvalue weighted by Gasteiger charge is 2.35. The highest BCUT2D eigenvalue weighted by Crippen LogP contribution is 2.34. The molecule has 1 aliphatic rings. The lowest BCUT2D eigenvalue weighted by Crippen LogP contribution is -2.17. The zero-order valence-corrected chi connectivity index (χ0v) is 9.97. The fourth-order valence-corrected chi connectivity index (χ4v) is 2.29. The number of hydrogen-bond acceptors (Lipinski definition) is 2. The number of rotatable bonds is 5. The molecule has 2 atom stereocenters. The van der Waals surface area contributed by atoms with E-state index in [1.165, 1.54) is 24.8 Å². The zero-order valence-electron chi connectivity index (χ0n) is 9.97. The lowest BCUT2D eigenvalue weighted by Gasteiger charge is -2.02. The van der Waals surface area contributed by atoms with Gasteiger partial charge in [0.15, 0.2) is 0 Å². The molecule has 0 aliphatic heterocycles. The van der Waals surface area contributed by atoms with Crippen molar-refractivity contribution in [2.24, 2.45) is 5.92 Å². The Bertz CT molecular complexity index is 329. The third-order valence-electron chi connectivity index (χ3n) is 3.28. The van der Waals surface area contributed by atoms with Gasteiger partial charge in [0.2, 0.25) is 0 Å². The van der Waals surface area contributed by atoms with Gasteiger partial charge in [0.1, 0.15) is 11.5 Å². The smallest absolute Gasteiger partial charge is 0.105 e. The van der Waals surface area contributed by atoms with E-state index in [-0.39, 0.29) is 0 Å². The predicted octanol–water partition coefficient (Wildman–Crippen LogP) is 3.17. The third kappa shape index (κ3) is 2.63. The molecule has 1 aromatic heterocycles. The van der Waals surface area contributed by atoms with Crippen molar-refractivity contribution in [1.29, 1.82) is 0 Å². The van der Waals surface area contributed by atoms with E-state index in [1.807, 2.05) is 13.8 Å². The normalized spacial score (nSPS) is 24.5. The van der Waals surface area contributed by atoms with Crippen LogP contribution in [0.2, 0.25) is 0 Å². The third-order valence-corrected chi connectivity index (χ3v) is 3.28. The van der Waals surface area contributed by atoms with E-state index in [4.69, 9.17) is 4.42 Å². The Morgan fingerprint density at radius 1 is 1.47 bits per heavy atom. The van der Waals surface area contributed by atoms with Gasteiger partial charge in [-0.25, -0.2) is 0 Å². The lowest BCUT2D eigenvalue weighted by molar-refractivity contribution is 0.498. The van der Waals surface area contributed by atoms with Crippen molar-refractivity contribution < 1.29 is 4.42 Å². The van der Waals surface area contributed by atoms with E-state index in [1.54, 1.807) is 0 Å². The van der Waals surface area contributed by atoms with E-state index in [0.717, 1.165) is 30.0 Å². The summed E-state index contributed by atoms with van der Waals surface area (Å²) in [5, 5.41) is 3.60. The van der Waals surface area contributed by atoms with Crippen molar-refractivity contribution >= 4 is 0 Å². The van der Waals surface area contributed by atoms with Crippen LogP contribution in [0, 0.1) is 19.8 Å². The van der Waals surface area contributed by atoms with Crippen LogP contribution >= 0.6 is 0 Å². The van der Waals surface area contributed by atoms with Crippen LogP contribution in [0.4, 0.5) is 0 Å². The van der Waals surface area contributed by atoms with Gasteiger partial charge in [-0.3, -0.25) is 0 Å². The molecular weight excluding hydrogens is 186 g/mol. The van der Waals surface area contributed by atoms with E-state index >= 15 is 0 Å². The molecule has 1 aliphatic carbocycles. The first-order valence-corrected chi connectivity index (χ1v) is 6.00. The summed E-state index contributed by atoms with van der Waals surface area (Å²) in [5.74, 6) is 3.02. The molecule has 0 amide bonds. The predicted molar refractivity (Wildman–Crippen MR) is 61.8 cm³/mol. The minimum atomic E-state index is 0.763. The lowest BCUT2D eigenvalue weighted by atomic mass is 10.2. The fourth-order valence-electron chi connectivity index (χ4n) is 2.29. The maximum absolute atomic E-state index is 5.50. The minimum Gasteiger partial charge on any atom is -0.466 e. The van der Waals surface area contributed by atoms with Gasteiger partial charge in [-0.2, -0.15) is 0 Å². The maximum Gasteiger partial charge on any atom is 0.105 e. The molecule has 1 fully saturated rings. The van der Waals surface area contributed by atoms with Crippen molar-refractivity contribution in [3.8, 4) is 0 Å². The Morgan fingerprint density at radius 2 is 2.27 bits per heavy atom. The molecule has 1 N–H and O–H groups in total. The first kappa shape index (κ1) is 10.7. The van der Waals surface area contributed by atoms with E-state index in [0.29, 0.717) is 0 Å². The number of furan rings is 1. The summed E-state index contributed by atoms with van der Waals surface area (Å²) in [7, 11) is 0. The van der Waals surface area contributed by atoms with Crippen LogP contribution in [0.15, 0.2) is 10.5 Å². The quantitative estimate of drug-likeness (QED) is 0.802. The molecule has 2 heteroatoms. The molecule has 2 nitrogen and oxygen atoms in total. The van der Waals surface area contributed by atoms with Gasteiger partial charge >= 0.3 is 0 Å². The molecule has 2 unspecified atom stereocenters. The molecule has 0 radical (unpaired) electrons. The van der Waals surface area contributed by atoms with Crippen molar-refractivity contribution in [2.45, 2.75) is 52.6 Å². The summed E-state index contributed by atoms with van der Waals surface area (Å²) in [4.78, 5) is 0. The Kier molecular flexibility index (Phi) is 3.15. The highest BCUT2D eigenvalue weighted by atomic mass is 16.3. The summed E-state index contributed by atoms with van der Waals surface area (Å²) in [6.45, 7) is 7.28. The molecule has 1 saturated carbocycles. The van der Waals surface area contributed by atoms with Crippen LogP contribution in [-0.4, -0.2) is 6.04 Å².